The van der Waals surface area contributed by atoms with Gasteiger partial charge in [-0.1, -0.05) is 23.8 Å². The van der Waals surface area contributed by atoms with Crippen LogP contribution in [0.25, 0.3) is 38.8 Å². The maximum absolute atomic E-state index is 6.09. The normalized spacial score (nSPS) is 11.3. The first-order valence-corrected chi connectivity index (χ1v) is 12.2. The van der Waals surface area contributed by atoms with E-state index in [-0.39, 0.29) is 0 Å². The third-order valence-electron chi connectivity index (χ3n) is 6.65. The van der Waals surface area contributed by atoms with Gasteiger partial charge in [-0.2, -0.15) is 0 Å². The molecule has 3 aromatic carbocycles. The van der Waals surface area contributed by atoms with Crippen molar-refractivity contribution in [3.05, 3.63) is 114 Å². The molecule has 0 bridgehead atoms. The quantitative estimate of drug-likeness (QED) is 0.261. The second kappa shape index (κ2) is 8.65. The van der Waals surface area contributed by atoms with Gasteiger partial charge in [0, 0.05) is 29.2 Å². The zero-order valence-electron chi connectivity index (χ0n) is 20.9. The topological polar surface area (TPSA) is 39.9 Å². The Morgan fingerprint density at radius 1 is 0.639 bits per heavy atom. The van der Waals surface area contributed by atoms with Gasteiger partial charge in [-0.15, -0.1) is 0 Å². The first-order valence-electron chi connectivity index (χ1n) is 12.2. The van der Waals surface area contributed by atoms with Gasteiger partial charge >= 0.3 is 0 Å². The van der Waals surface area contributed by atoms with Crippen LogP contribution in [0.5, 0.6) is 11.6 Å². The van der Waals surface area contributed by atoms with E-state index in [2.05, 4.69) is 78.9 Å². The molecule has 0 saturated heterocycles. The molecule has 0 aliphatic carbocycles. The van der Waals surface area contributed by atoms with Gasteiger partial charge in [0.1, 0.15) is 11.6 Å². The lowest BCUT2D eigenvalue weighted by Gasteiger charge is -2.12. The summed E-state index contributed by atoms with van der Waals surface area (Å²) in [6, 6.07) is 27.5. The average molecular weight is 470 g/mol. The van der Waals surface area contributed by atoms with E-state index < -0.39 is 0 Å². The number of hydrogen-bond donors (Lipinski definition) is 0. The van der Waals surface area contributed by atoms with Gasteiger partial charge in [-0.25, -0.2) is 9.97 Å². The van der Waals surface area contributed by atoms with Crippen molar-refractivity contribution in [1.82, 2.24) is 14.5 Å². The summed E-state index contributed by atoms with van der Waals surface area (Å²) < 4.78 is 8.36. The van der Waals surface area contributed by atoms with Crippen LogP contribution in [-0.4, -0.2) is 14.5 Å². The molecular formula is C32H27N3O. The summed E-state index contributed by atoms with van der Waals surface area (Å²) in [6.07, 6.45) is 3.65. The molecule has 0 aliphatic rings. The van der Waals surface area contributed by atoms with Gasteiger partial charge in [-0.3, -0.25) is 4.57 Å². The number of fused-ring (bicyclic) bond motifs is 3. The molecule has 0 fully saturated rings. The van der Waals surface area contributed by atoms with E-state index in [1.807, 2.05) is 43.5 Å². The molecule has 0 unspecified atom stereocenters. The molecule has 0 saturated carbocycles. The van der Waals surface area contributed by atoms with Crippen LogP contribution in [0, 0.1) is 27.7 Å². The fourth-order valence-corrected chi connectivity index (χ4v) is 4.90. The third kappa shape index (κ3) is 3.91. The standard InChI is InChI=1S/C32H27N3O/c1-20-8-9-29-27(14-20)28-17-23(4)26(19-30(28)35(29)31-15-21(2)10-12-33-31)24-6-5-7-25(18-24)36-32-16-22(3)11-13-34-32/h5-19H,1-4H3. The summed E-state index contributed by atoms with van der Waals surface area (Å²) in [5.41, 5.74) is 9.33. The van der Waals surface area contributed by atoms with Crippen LogP contribution in [0.15, 0.2) is 91.3 Å². The summed E-state index contributed by atoms with van der Waals surface area (Å²) >= 11 is 0. The van der Waals surface area contributed by atoms with Gasteiger partial charge in [0.15, 0.2) is 0 Å². The molecule has 4 nitrogen and oxygen atoms in total. The SMILES string of the molecule is Cc1ccnc(Oc2cccc(-c3cc4c(cc3C)c3cc(C)ccc3n4-c3cc(C)ccn3)c2)c1. The monoisotopic (exact) mass is 469 g/mol. The van der Waals surface area contributed by atoms with Crippen molar-refractivity contribution < 1.29 is 4.74 Å². The highest BCUT2D eigenvalue weighted by molar-refractivity contribution is 6.10. The van der Waals surface area contributed by atoms with Crippen molar-refractivity contribution in [2.75, 3.05) is 0 Å². The minimum absolute atomic E-state index is 0.598. The zero-order chi connectivity index (χ0) is 24.8. The predicted molar refractivity (Wildman–Crippen MR) is 147 cm³/mol. The molecule has 3 heterocycles. The number of nitrogens with zero attached hydrogens (tertiary/aromatic N) is 3. The van der Waals surface area contributed by atoms with Gasteiger partial charge in [0.2, 0.25) is 5.88 Å². The van der Waals surface area contributed by atoms with E-state index in [9.17, 15) is 0 Å². The summed E-state index contributed by atoms with van der Waals surface area (Å²) in [6.45, 7) is 8.46. The van der Waals surface area contributed by atoms with E-state index in [0.29, 0.717) is 5.88 Å². The Bertz CT molecular complexity index is 1760. The summed E-state index contributed by atoms with van der Waals surface area (Å²) in [5, 5.41) is 2.47. The van der Waals surface area contributed by atoms with Crippen LogP contribution in [0.4, 0.5) is 0 Å². The number of benzene rings is 3. The lowest BCUT2D eigenvalue weighted by Crippen LogP contribution is -1.98. The van der Waals surface area contributed by atoms with E-state index in [4.69, 9.17) is 9.72 Å². The highest BCUT2D eigenvalue weighted by Crippen LogP contribution is 2.37. The van der Waals surface area contributed by atoms with E-state index in [1.165, 1.54) is 33.0 Å². The largest absolute Gasteiger partial charge is 0.439 e. The van der Waals surface area contributed by atoms with Crippen LogP contribution >= 0.6 is 0 Å². The summed E-state index contributed by atoms with van der Waals surface area (Å²) in [4.78, 5) is 9.08. The number of aryl methyl sites for hydroxylation is 4. The molecule has 0 N–H and O–H groups in total. The van der Waals surface area contributed by atoms with Gasteiger partial charge in [-0.05, 0) is 110 Å². The Kier molecular flexibility index (Phi) is 5.30. The second-order valence-electron chi connectivity index (χ2n) is 9.53. The van der Waals surface area contributed by atoms with E-state index in [1.54, 1.807) is 6.20 Å². The molecular weight excluding hydrogens is 442 g/mol. The number of aromatic nitrogens is 3. The molecule has 0 spiro atoms. The first kappa shape index (κ1) is 22.1. The number of hydrogen-bond acceptors (Lipinski definition) is 3. The van der Waals surface area contributed by atoms with Crippen molar-refractivity contribution in [3.8, 4) is 28.6 Å². The molecule has 36 heavy (non-hydrogen) atoms. The molecule has 6 aromatic rings. The fraction of sp³-hybridized carbons (Fsp3) is 0.125. The van der Waals surface area contributed by atoms with Crippen LogP contribution in [0.2, 0.25) is 0 Å². The first-order chi connectivity index (χ1) is 17.5. The molecule has 0 atom stereocenters. The van der Waals surface area contributed by atoms with Crippen molar-refractivity contribution in [3.63, 3.8) is 0 Å². The summed E-state index contributed by atoms with van der Waals surface area (Å²) in [5.74, 6) is 2.29. The highest BCUT2D eigenvalue weighted by atomic mass is 16.5. The van der Waals surface area contributed by atoms with Crippen LogP contribution < -0.4 is 4.74 Å². The van der Waals surface area contributed by atoms with Crippen molar-refractivity contribution in [2.24, 2.45) is 0 Å². The lowest BCUT2D eigenvalue weighted by molar-refractivity contribution is 0.462. The molecule has 176 valence electrons. The maximum atomic E-state index is 6.09. The van der Waals surface area contributed by atoms with Crippen LogP contribution in [0.1, 0.15) is 22.3 Å². The Balaban J connectivity index is 1.55. The Morgan fingerprint density at radius 2 is 1.39 bits per heavy atom. The van der Waals surface area contributed by atoms with Crippen molar-refractivity contribution >= 4 is 21.8 Å². The second-order valence-corrected chi connectivity index (χ2v) is 9.53. The van der Waals surface area contributed by atoms with Gasteiger partial charge in [0.05, 0.1) is 11.0 Å². The number of ether oxygens (including phenoxy) is 1. The maximum Gasteiger partial charge on any atom is 0.219 e. The molecule has 0 amide bonds. The molecule has 3 aromatic heterocycles. The predicted octanol–water partition coefficient (Wildman–Crippen LogP) is 8.27. The Hall–Kier alpha value is -4.44. The minimum atomic E-state index is 0.598. The smallest absolute Gasteiger partial charge is 0.219 e. The van der Waals surface area contributed by atoms with Crippen molar-refractivity contribution in [1.29, 1.82) is 0 Å². The molecule has 0 radical (unpaired) electrons. The van der Waals surface area contributed by atoms with Gasteiger partial charge in [0.25, 0.3) is 0 Å². The average Bonchev–Trinajstić information content (AvgIpc) is 3.16. The lowest BCUT2D eigenvalue weighted by atomic mass is 9.97. The summed E-state index contributed by atoms with van der Waals surface area (Å²) in [7, 11) is 0. The van der Waals surface area contributed by atoms with Gasteiger partial charge < -0.3 is 4.74 Å². The number of pyridine rings is 2. The highest BCUT2D eigenvalue weighted by Gasteiger charge is 2.16. The number of rotatable bonds is 4. The van der Waals surface area contributed by atoms with E-state index >= 15 is 0 Å². The Morgan fingerprint density at radius 3 is 2.19 bits per heavy atom. The Labute approximate surface area is 210 Å². The van der Waals surface area contributed by atoms with Crippen LogP contribution in [-0.2, 0) is 0 Å². The fourth-order valence-electron chi connectivity index (χ4n) is 4.90. The molecule has 4 heteroatoms. The molecule has 0 aliphatic heterocycles. The minimum Gasteiger partial charge on any atom is -0.439 e. The van der Waals surface area contributed by atoms with E-state index in [0.717, 1.165) is 33.7 Å². The third-order valence-corrected chi connectivity index (χ3v) is 6.65. The van der Waals surface area contributed by atoms with Crippen LogP contribution in [0.3, 0.4) is 0 Å². The molecule has 6 rings (SSSR count). The zero-order valence-corrected chi connectivity index (χ0v) is 20.9. The van der Waals surface area contributed by atoms with Crippen molar-refractivity contribution in [2.45, 2.75) is 27.7 Å².